The normalized spacial score (nSPS) is 12.4. The van der Waals surface area contributed by atoms with Crippen LogP contribution in [0.1, 0.15) is 17.8 Å². The molecular weight excluding hydrogens is 291 g/mol. The van der Waals surface area contributed by atoms with Crippen LogP contribution in [0.4, 0.5) is 10.1 Å². The molecule has 0 spiro atoms. The third-order valence-electron chi connectivity index (χ3n) is 2.15. The zero-order valence-electron chi connectivity index (χ0n) is 8.58. The molecule has 0 saturated heterocycles. The van der Waals surface area contributed by atoms with Gasteiger partial charge in [0.05, 0.1) is 17.9 Å². The fraction of sp³-hybridized carbons (Fsp3) is 0.182. The Morgan fingerprint density at radius 3 is 2.81 bits per heavy atom. The molecule has 0 radical (unpaired) electrons. The van der Waals surface area contributed by atoms with E-state index in [9.17, 15) is 4.39 Å². The van der Waals surface area contributed by atoms with E-state index in [1.54, 1.807) is 17.4 Å². The Balaban J connectivity index is 2.10. The number of halogens is 2. The molecule has 0 aliphatic rings. The highest BCUT2D eigenvalue weighted by atomic mass is 79.9. The van der Waals surface area contributed by atoms with Gasteiger partial charge >= 0.3 is 0 Å². The molecule has 2 heterocycles. The first kappa shape index (κ1) is 11.5. The number of aromatic nitrogens is 1. The van der Waals surface area contributed by atoms with E-state index in [2.05, 4.69) is 33.2 Å². The van der Waals surface area contributed by atoms with Gasteiger partial charge in [-0.15, -0.1) is 11.3 Å². The first-order chi connectivity index (χ1) is 7.66. The third kappa shape index (κ3) is 2.59. The highest BCUT2D eigenvalue weighted by Gasteiger charge is 2.10. The first-order valence-corrected chi connectivity index (χ1v) is 6.45. The SMILES string of the molecule is CC(Nc1ccc(F)nc1)c1sccc1Br. The molecule has 0 saturated carbocycles. The Morgan fingerprint density at radius 2 is 2.25 bits per heavy atom. The van der Waals surface area contributed by atoms with Crippen molar-refractivity contribution in [2.45, 2.75) is 13.0 Å². The van der Waals surface area contributed by atoms with Crippen molar-refractivity contribution in [2.24, 2.45) is 0 Å². The monoisotopic (exact) mass is 300 g/mol. The second-order valence-corrected chi connectivity index (χ2v) is 5.17. The summed E-state index contributed by atoms with van der Waals surface area (Å²) < 4.78 is 13.7. The fourth-order valence-corrected chi connectivity index (χ4v) is 3.12. The number of nitrogens with zero attached hydrogens (tertiary/aromatic N) is 1. The molecule has 0 aromatic carbocycles. The maximum atomic E-state index is 12.6. The molecule has 2 rings (SSSR count). The molecule has 1 N–H and O–H groups in total. The van der Waals surface area contributed by atoms with Crippen molar-refractivity contribution in [3.8, 4) is 0 Å². The molecular formula is C11H10BrFN2S. The van der Waals surface area contributed by atoms with Crippen LogP contribution in [0.3, 0.4) is 0 Å². The van der Waals surface area contributed by atoms with Crippen LogP contribution in [0.2, 0.25) is 0 Å². The standard InChI is InChI=1S/C11H10BrFN2S/c1-7(11-9(12)4-5-16-11)15-8-2-3-10(13)14-6-8/h2-7,15H,1H3. The summed E-state index contributed by atoms with van der Waals surface area (Å²) in [5.41, 5.74) is 0.814. The van der Waals surface area contributed by atoms with Crippen LogP contribution in [-0.2, 0) is 0 Å². The van der Waals surface area contributed by atoms with E-state index in [0.717, 1.165) is 10.2 Å². The van der Waals surface area contributed by atoms with Crippen molar-refractivity contribution in [3.63, 3.8) is 0 Å². The molecule has 2 aromatic rings. The van der Waals surface area contributed by atoms with E-state index in [-0.39, 0.29) is 6.04 Å². The van der Waals surface area contributed by atoms with Gasteiger partial charge in [-0.1, -0.05) is 0 Å². The second kappa shape index (κ2) is 4.93. The van der Waals surface area contributed by atoms with Gasteiger partial charge in [0, 0.05) is 9.35 Å². The minimum absolute atomic E-state index is 0.168. The van der Waals surface area contributed by atoms with Gasteiger partial charge in [0.15, 0.2) is 0 Å². The van der Waals surface area contributed by atoms with Crippen molar-refractivity contribution in [2.75, 3.05) is 5.32 Å². The van der Waals surface area contributed by atoms with E-state index in [1.165, 1.54) is 17.1 Å². The van der Waals surface area contributed by atoms with E-state index in [1.807, 2.05) is 11.4 Å². The summed E-state index contributed by atoms with van der Waals surface area (Å²) in [5.74, 6) is -0.462. The van der Waals surface area contributed by atoms with E-state index < -0.39 is 5.95 Å². The minimum atomic E-state index is -0.462. The molecule has 0 fully saturated rings. The number of rotatable bonds is 3. The van der Waals surface area contributed by atoms with Crippen LogP contribution in [0, 0.1) is 5.95 Å². The average molecular weight is 301 g/mol. The summed E-state index contributed by atoms with van der Waals surface area (Å²) in [5, 5.41) is 5.29. The van der Waals surface area contributed by atoms with E-state index >= 15 is 0 Å². The van der Waals surface area contributed by atoms with Crippen molar-refractivity contribution in [3.05, 3.63) is 45.1 Å². The van der Waals surface area contributed by atoms with Crippen molar-refractivity contribution in [1.82, 2.24) is 4.98 Å². The summed E-state index contributed by atoms with van der Waals surface area (Å²) in [6, 6.07) is 5.21. The molecule has 16 heavy (non-hydrogen) atoms. The molecule has 0 aliphatic heterocycles. The van der Waals surface area contributed by atoms with Crippen molar-refractivity contribution < 1.29 is 4.39 Å². The van der Waals surface area contributed by atoms with Gasteiger partial charge in [0.1, 0.15) is 0 Å². The maximum absolute atomic E-state index is 12.6. The smallest absolute Gasteiger partial charge is 0.212 e. The Hall–Kier alpha value is -0.940. The van der Waals surface area contributed by atoms with Crippen molar-refractivity contribution >= 4 is 33.0 Å². The Labute approximate surface area is 106 Å². The molecule has 1 atom stereocenters. The van der Waals surface area contributed by atoms with Crippen LogP contribution >= 0.6 is 27.3 Å². The molecule has 5 heteroatoms. The van der Waals surface area contributed by atoms with Gasteiger partial charge in [-0.3, -0.25) is 0 Å². The summed E-state index contributed by atoms with van der Waals surface area (Å²) in [7, 11) is 0. The van der Waals surface area contributed by atoms with E-state index in [0.29, 0.717) is 0 Å². The molecule has 2 aromatic heterocycles. The van der Waals surface area contributed by atoms with Crippen LogP contribution in [0.15, 0.2) is 34.2 Å². The second-order valence-electron chi connectivity index (χ2n) is 3.37. The minimum Gasteiger partial charge on any atom is -0.376 e. The summed E-state index contributed by atoms with van der Waals surface area (Å²) in [6.45, 7) is 2.06. The zero-order valence-corrected chi connectivity index (χ0v) is 11.0. The lowest BCUT2D eigenvalue weighted by Gasteiger charge is -2.13. The van der Waals surface area contributed by atoms with E-state index in [4.69, 9.17) is 0 Å². The first-order valence-electron chi connectivity index (χ1n) is 4.78. The fourth-order valence-electron chi connectivity index (χ4n) is 1.39. The molecule has 84 valence electrons. The van der Waals surface area contributed by atoms with Gasteiger partial charge in [0.25, 0.3) is 0 Å². The van der Waals surface area contributed by atoms with Crippen LogP contribution in [0.25, 0.3) is 0 Å². The number of thiophene rings is 1. The number of nitrogens with one attached hydrogen (secondary N) is 1. The van der Waals surface area contributed by atoms with Crippen LogP contribution in [-0.4, -0.2) is 4.98 Å². The average Bonchev–Trinajstić information content (AvgIpc) is 2.68. The largest absolute Gasteiger partial charge is 0.376 e. The zero-order chi connectivity index (χ0) is 11.5. The van der Waals surface area contributed by atoms with Crippen LogP contribution in [0.5, 0.6) is 0 Å². The van der Waals surface area contributed by atoms with Gasteiger partial charge in [0.2, 0.25) is 5.95 Å². The number of hydrogen-bond donors (Lipinski definition) is 1. The quantitative estimate of drug-likeness (QED) is 0.859. The Kier molecular flexibility index (Phi) is 3.56. The van der Waals surface area contributed by atoms with Gasteiger partial charge in [-0.2, -0.15) is 4.39 Å². The molecule has 1 unspecified atom stereocenters. The lowest BCUT2D eigenvalue weighted by atomic mass is 10.2. The molecule has 0 amide bonds. The van der Waals surface area contributed by atoms with Gasteiger partial charge < -0.3 is 5.32 Å². The maximum Gasteiger partial charge on any atom is 0.212 e. The molecule has 0 bridgehead atoms. The van der Waals surface area contributed by atoms with Gasteiger partial charge in [-0.25, -0.2) is 4.98 Å². The molecule has 2 nitrogen and oxygen atoms in total. The molecule has 0 aliphatic carbocycles. The Bertz CT molecular complexity index is 469. The Morgan fingerprint density at radius 1 is 1.44 bits per heavy atom. The summed E-state index contributed by atoms with van der Waals surface area (Å²) >= 11 is 5.16. The number of anilines is 1. The number of pyridine rings is 1. The third-order valence-corrected chi connectivity index (χ3v) is 4.20. The van der Waals surface area contributed by atoms with Gasteiger partial charge in [-0.05, 0) is 46.4 Å². The number of hydrogen-bond acceptors (Lipinski definition) is 3. The van der Waals surface area contributed by atoms with Crippen molar-refractivity contribution in [1.29, 1.82) is 0 Å². The summed E-state index contributed by atoms with van der Waals surface area (Å²) in [4.78, 5) is 4.81. The highest BCUT2D eigenvalue weighted by Crippen LogP contribution is 2.30. The summed E-state index contributed by atoms with van der Waals surface area (Å²) in [6.07, 6.45) is 1.49. The predicted molar refractivity (Wildman–Crippen MR) is 68.3 cm³/mol. The van der Waals surface area contributed by atoms with Crippen LogP contribution < -0.4 is 5.32 Å². The lowest BCUT2D eigenvalue weighted by Crippen LogP contribution is -2.05. The topological polar surface area (TPSA) is 24.9 Å². The lowest BCUT2D eigenvalue weighted by molar-refractivity contribution is 0.584. The predicted octanol–water partition coefficient (Wildman–Crippen LogP) is 4.22. The highest BCUT2D eigenvalue weighted by molar-refractivity contribution is 9.10.